The molecule has 2 bridgehead atoms. The van der Waals surface area contributed by atoms with E-state index in [9.17, 15) is 22.8 Å². The number of hydrogen-bond donors (Lipinski definition) is 2. The Balaban J connectivity index is 0.000000806. The highest BCUT2D eigenvalue weighted by atomic mass is 19.4. The second-order valence-corrected chi connectivity index (χ2v) is 7.68. The van der Waals surface area contributed by atoms with E-state index >= 15 is 0 Å². The van der Waals surface area contributed by atoms with Gasteiger partial charge in [-0.2, -0.15) is 18.3 Å². The highest BCUT2D eigenvalue weighted by molar-refractivity contribution is 6.06. The zero-order valence-electron chi connectivity index (χ0n) is 16.1. The normalized spacial score (nSPS) is 23.0. The molecule has 0 spiro atoms. The molecule has 0 amide bonds. The van der Waals surface area contributed by atoms with Crippen LogP contribution in [0.1, 0.15) is 35.3 Å². The number of ketones is 2. The molecule has 4 heterocycles. The summed E-state index contributed by atoms with van der Waals surface area (Å²) in [5.74, 6) is -1.03. The summed E-state index contributed by atoms with van der Waals surface area (Å²) in [5, 5.41) is 14.2. The van der Waals surface area contributed by atoms with Gasteiger partial charge in [0.15, 0.2) is 5.78 Å². The monoisotopic (exact) mass is 425 g/mol. The Bertz CT molecular complexity index is 933. The number of carbonyl (C=O) groups excluding carboxylic acids is 2. The van der Waals surface area contributed by atoms with Crippen LogP contribution in [0.4, 0.5) is 13.2 Å². The number of hydrogen-bond acceptors (Lipinski definition) is 5. The number of halogens is 3. The quantitative estimate of drug-likeness (QED) is 0.564. The number of piperidine rings is 3. The van der Waals surface area contributed by atoms with Crippen LogP contribution in [0.25, 0.3) is 10.9 Å². The van der Waals surface area contributed by atoms with Crippen molar-refractivity contribution in [3.63, 3.8) is 0 Å². The van der Waals surface area contributed by atoms with Gasteiger partial charge in [-0.3, -0.25) is 19.5 Å². The third kappa shape index (κ3) is 4.86. The van der Waals surface area contributed by atoms with E-state index in [4.69, 9.17) is 9.90 Å². The van der Waals surface area contributed by atoms with Crippen molar-refractivity contribution in [1.82, 2.24) is 15.1 Å². The van der Waals surface area contributed by atoms with Crippen molar-refractivity contribution in [3.05, 3.63) is 29.5 Å². The average molecular weight is 425 g/mol. The van der Waals surface area contributed by atoms with E-state index in [1.165, 1.54) is 12.1 Å². The first-order chi connectivity index (χ1) is 14.2. The Morgan fingerprint density at radius 3 is 2.50 bits per heavy atom. The van der Waals surface area contributed by atoms with Crippen molar-refractivity contribution in [1.29, 1.82) is 0 Å². The van der Waals surface area contributed by atoms with Crippen LogP contribution in [0, 0.1) is 11.8 Å². The van der Waals surface area contributed by atoms with E-state index in [2.05, 4.69) is 15.1 Å². The summed E-state index contributed by atoms with van der Waals surface area (Å²) in [4.78, 5) is 34.8. The lowest BCUT2D eigenvalue weighted by Gasteiger charge is -2.44. The SMILES string of the molecule is O=C(C[C@@H]1CN2CCC1CC2)c1n[nH]c2ccc(CC(=O)C(F)(F)F)cc12.O=CO. The number of carboxylic acid groups (broad SMARTS) is 1. The second kappa shape index (κ2) is 8.95. The zero-order chi connectivity index (χ0) is 21.9. The summed E-state index contributed by atoms with van der Waals surface area (Å²) in [6.07, 6.45) is -2.98. The fourth-order valence-corrected chi connectivity index (χ4v) is 4.32. The Labute approximate surface area is 170 Å². The van der Waals surface area contributed by atoms with E-state index in [0.29, 0.717) is 29.2 Å². The van der Waals surface area contributed by atoms with Gasteiger partial charge in [0.25, 0.3) is 6.47 Å². The summed E-state index contributed by atoms with van der Waals surface area (Å²) in [5.41, 5.74) is 1.06. The molecule has 1 aromatic heterocycles. The van der Waals surface area contributed by atoms with Gasteiger partial charge in [-0.1, -0.05) is 6.07 Å². The minimum absolute atomic E-state index is 0.0979. The van der Waals surface area contributed by atoms with E-state index in [0.717, 1.165) is 32.5 Å². The number of nitrogens with one attached hydrogen (secondary N) is 1. The first-order valence-corrected chi connectivity index (χ1v) is 9.63. The number of aromatic nitrogens is 2. The molecule has 7 nitrogen and oxygen atoms in total. The van der Waals surface area contributed by atoms with Crippen molar-refractivity contribution >= 4 is 28.9 Å². The van der Waals surface area contributed by atoms with Crippen molar-refractivity contribution in [2.45, 2.75) is 31.9 Å². The van der Waals surface area contributed by atoms with Crippen molar-refractivity contribution in [2.75, 3.05) is 19.6 Å². The third-order valence-electron chi connectivity index (χ3n) is 5.81. The van der Waals surface area contributed by atoms with E-state index in [1.54, 1.807) is 6.07 Å². The maximum atomic E-state index is 12.8. The third-order valence-corrected chi connectivity index (χ3v) is 5.81. The van der Waals surface area contributed by atoms with Crippen LogP contribution >= 0.6 is 0 Å². The minimum Gasteiger partial charge on any atom is -0.483 e. The van der Waals surface area contributed by atoms with Crippen LogP contribution in [-0.2, 0) is 16.0 Å². The summed E-state index contributed by atoms with van der Waals surface area (Å²) in [7, 11) is 0. The molecule has 162 valence electrons. The van der Waals surface area contributed by atoms with Gasteiger partial charge < -0.3 is 10.0 Å². The van der Waals surface area contributed by atoms with Gasteiger partial charge in [-0.25, -0.2) is 0 Å². The number of Topliss-reactive ketones (excluding diaryl/α,β-unsaturated/α-hetero) is 2. The number of alkyl halides is 3. The summed E-state index contributed by atoms with van der Waals surface area (Å²) in [6.45, 7) is 2.86. The molecule has 3 saturated heterocycles. The van der Waals surface area contributed by atoms with Crippen molar-refractivity contribution < 1.29 is 32.7 Å². The molecule has 2 aromatic rings. The molecule has 0 aliphatic carbocycles. The highest BCUT2D eigenvalue weighted by Crippen LogP contribution is 2.35. The smallest absolute Gasteiger partial charge is 0.450 e. The molecular weight excluding hydrogens is 403 g/mol. The number of nitrogens with zero attached hydrogens (tertiary/aromatic N) is 2. The largest absolute Gasteiger partial charge is 0.483 e. The predicted molar refractivity (Wildman–Crippen MR) is 101 cm³/mol. The summed E-state index contributed by atoms with van der Waals surface area (Å²) < 4.78 is 37.5. The molecule has 3 fully saturated rings. The first kappa shape index (κ1) is 21.9. The fraction of sp³-hybridized carbons (Fsp3) is 0.500. The Morgan fingerprint density at radius 2 is 1.93 bits per heavy atom. The van der Waals surface area contributed by atoms with Crippen LogP contribution in [0.15, 0.2) is 18.2 Å². The molecule has 1 atom stereocenters. The molecule has 1 aromatic carbocycles. The molecule has 3 aliphatic heterocycles. The minimum atomic E-state index is -4.86. The van der Waals surface area contributed by atoms with Gasteiger partial charge in [-0.05, 0) is 55.5 Å². The molecular formula is C20H22F3N3O4. The van der Waals surface area contributed by atoms with Gasteiger partial charge in [0.05, 0.1) is 5.52 Å². The Hall–Kier alpha value is -2.75. The van der Waals surface area contributed by atoms with Crippen LogP contribution < -0.4 is 0 Å². The van der Waals surface area contributed by atoms with Gasteiger partial charge in [-0.15, -0.1) is 0 Å². The Kier molecular flexibility index (Phi) is 6.55. The fourth-order valence-electron chi connectivity index (χ4n) is 4.32. The number of H-pyrrole nitrogens is 1. The number of aromatic amines is 1. The van der Waals surface area contributed by atoms with E-state index in [1.807, 2.05) is 0 Å². The average Bonchev–Trinajstić information content (AvgIpc) is 3.12. The molecule has 0 unspecified atom stereocenters. The maximum absolute atomic E-state index is 12.8. The van der Waals surface area contributed by atoms with Crippen LogP contribution in [0.5, 0.6) is 0 Å². The van der Waals surface area contributed by atoms with Crippen molar-refractivity contribution in [3.8, 4) is 0 Å². The molecule has 0 radical (unpaired) electrons. The zero-order valence-corrected chi connectivity index (χ0v) is 16.1. The van der Waals surface area contributed by atoms with E-state index in [-0.39, 0.29) is 23.5 Å². The number of fused-ring (bicyclic) bond motifs is 4. The number of carbonyl (C=O) groups is 3. The van der Waals surface area contributed by atoms with E-state index < -0.39 is 18.4 Å². The summed E-state index contributed by atoms with van der Waals surface area (Å²) in [6, 6.07) is 4.48. The lowest BCUT2D eigenvalue weighted by molar-refractivity contribution is -0.170. The molecule has 10 heteroatoms. The molecule has 30 heavy (non-hydrogen) atoms. The van der Waals surface area contributed by atoms with Crippen LogP contribution in [0.2, 0.25) is 0 Å². The van der Waals surface area contributed by atoms with Gasteiger partial charge >= 0.3 is 6.18 Å². The summed E-state index contributed by atoms with van der Waals surface area (Å²) >= 11 is 0. The molecule has 2 N–H and O–H groups in total. The second-order valence-electron chi connectivity index (χ2n) is 7.68. The van der Waals surface area contributed by atoms with Crippen molar-refractivity contribution in [2.24, 2.45) is 11.8 Å². The first-order valence-electron chi connectivity index (χ1n) is 9.63. The Morgan fingerprint density at radius 1 is 1.27 bits per heavy atom. The highest BCUT2D eigenvalue weighted by Gasteiger charge is 2.38. The molecule has 5 rings (SSSR count). The predicted octanol–water partition coefficient (Wildman–Crippen LogP) is 2.85. The van der Waals surface area contributed by atoms with Crippen LogP contribution in [-0.4, -0.2) is 64.1 Å². The van der Waals surface area contributed by atoms with Gasteiger partial charge in [0, 0.05) is 24.8 Å². The maximum Gasteiger partial charge on any atom is 0.450 e. The number of benzene rings is 1. The van der Waals surface area contributed by atoms with Gasteiger partial charge in [0.1, 0.15) is 5.69 Å². The molecule has 0 saturated carbocycles. The van der Waals surface area contributed by atoms with Crippen LogP contribution in [0.3, 0.4) is 0 Å². The molecule has 3 aliphatic rings. The standard InChI is InChI=1S/C19H20F3N3O2.CH2O2/c20-19(21,22)17(27)8-11-1-2-15-14(7-11)18(24-23-15)16(26)9-13-10-25-5-3-12(13)4-6-25;2-1-3/h1-2,7,12-13H,3-6,8-10H2,(H,23,24);1H,(H,2,3)/t13-;/m1./s1. The number of rotatable bonds is 5. The van der Waals surface area contributed by atoms with Gasteiger partial charge in [0.2, 0.25) is 5.78 Å². The topological polar surface area (TPSA) is 103 Å². The lowest BCUT2D eigenvalue weighted by atomic mass is 9.76. The lowest BCUT2D eigenvalue weighted by Crippen LogP contribution is -2.47.